The van der Waals surface area contributed by atoms with Gasteiger partial charge in [-0.05, 0) is 67.9 Å². The molecule has 5 N–H and O–H groups in total. The van der Waals surface area contributed by atoms with Crippen molar-refractivity contribution in [1.29, 1.82) is 0 Å². The third kappa shape index (κ3) is 6.62. The molecule has 0 radical (unpaired) electrons. The largest absolute Gasteiger partial charge is 0.479 e. The number of rotatable bonds is 8. The zero-order valence-electron chi connectivity index (χ0n) is 22.3. The van der Waals surface area contributed by atoms with Crippen molar-refractivity contribution in [1.82, 2.24) is 15.6 Å². The second-order valence-electron chi connectivity index (χ2n) is 10.3. The van der Waals surface area contributed by atoms with Crippen LogP contribution in [0.15, 0.2) is 48.5 Å². The Labute approximate surface area is 248 Å². The van der Waals surface area contributed by atoms with E-state index in [-0.39, 0.29) is 44.1 Å². The molecule has 1 aliphatic heterocycles. The van der Waals surface area contributed by atoms with E-state index < -0.39 is 47.4 Å². The summed E-state index contributed by atoms with van der Waals surface area (Å²) in [5.74, 6) is -1.93. The lowest BCUT2D eigenvalue weighted by molar-refractivity contribution is -0.265. The number of nitrogens with zero attached hydrogens (tertiary/aromatic N) is 1. The SMILES string of the molecule is CC(C)(N)c1cc(-c2ccc(F)c(Cl)c2)nc(C(O)(CNC(=O)c2ccc(OC3CCNC3=O)c(Cl)c2)C(F)(F)F)c1. The van der Waals surface area contributed by atoms with Crippen molar-refractivity contribution >= 4 is 35.0 Å². The van der Waals surface area contributed by atoms with Crippen LogP contribution in [-0.4, -0.2) is 47.3 Å². The number of nitrogens with one attached hydrogen (secondary N) is 2. The van der Waals surface area contributed by atoms with Crippen molar-refractivity contribution in [3.05, 3.63) is 81.2 Å². The minimum atomic E-state index is -5.31. The molecule has 1 aromatic heterocycles. The number of aliphatic hydroxyl groups is 1. The van der Waals surface area contributed by atoms with Gasteiger partial charge in [-0.15, -0.1) is 0 Å². The molecule has 0 bridgehead atoms. The fourth-order valence-corrected chi connectivity index (χ4v) is 4.54. The van der Waals surface area contributed by atoms with Crippen molar-refractivity contribution in [3.8, 4) is 17.0 Å². The predicted molar refractivity (Wildman–Crippen MR) is 148 cm³/mol. The molecule has 1 saturated heterocycles. The van der Waals surface area contributed by atoms with E-state index in [2.05, 4.69) is 15.6 Å². The monoisotopic (exact) mass is 628 g/mol. The maximum Gasteiger partial charge on any atom is 0.424 e. The third-order valence-electron chi connectivity index (χ3n) is 6.64. The van der Waals surface area contributed by atoms with E-state index in [0.29, 0.717) is 13.0 Å². The lowest BCUT2D eigenvalue weighted by Crippen LogP contribution is -2.51. The molecule has 1 aliphatic rings. The number of halogens is 6. The molecule has 8 nitrogen and oxygen atoms in total. The summed E-state index contributed by atoms with van der Waals surface area (Å²) in [5.41, 5.74) is 0.652. The fraction of sp³-hybridized carbons (Fsp3) is 0.321. The molecule has 4 rings (SSSR count). The summed E-state index contributed by atoms with van der Waals surface area (Å²) in [5, 5.41) is 15.4. The number of hydrogen-bond acceptors (Lipinski definition) is 6. The van der Waals surface area contributed by atoms with Crippen LogP contribution in [0.2, 0.25) is 10.0 Å². The highest BCUT2D eigenvalue weighted by atomic mass is 35.5. The van der Waals surface area contributed by atoms with E-state index in [1.165, 1.54) is 44.2 Å². The summed E-state index contributed by atoms with van der Waals surface area (Å²) in [7, 11) is 0. The quantitative estimate of drug-likeness (QED) is 0.265. The molecule has 42 heavy (non-hydrogen) atoms. The number of pyridine rings is 1. The lowest BCUT2D eigenvalue weighted by atomic mass is 9.89. The van der Waals surface area contributed by atoms with Crippen LogP contribution in [0.3, 0.4) is 0 Å². The molecule has 2 atom stereocenters. The molecular weight excluding hydrogens is 603 g/mol. The van der Waals surface area contributed by atoms with Gasteiger partial charge < -0.3 is 26.2 Å². The van der Waals surface area contributed by atoms with Gasteiger partial charge in [-0.2, -0.15) is 13.2 Å². The van der Waals surface area contributed by atoms with E-state index in [1.54, 1.807) is 0 Å². The van der Waals surface area contributed by atoms with Gasteiger partial charge in [0.05, 0.1) is 28.0 Å². The molecular formula is C28H26Cl2F4N4O4. The van der Waals surface area contributed by atoms with Gasteiger partial charge >= 0.3 is 6.18 Å². The van der Waals surface area contributed by atoms with Gasteiger partial charge in [0.2, 0.25) is 5.60 Å². The Morgan fingerprint density at radius 2 is 1.86 bits per heavy atom. The molecule has 2 amide bonds. The van der Waals surface area contributed by atoms with Crippen LogP contribution in [-0.2, 0) is 15.9 Å². The van der Waals surface area contributed by atoms with Crippen LogP contribution in [0.5, 0.6) is 5.75 Å². The van der Waals surface area contributed by atoms with E-state index in [4.69, 9.17) is 33.7 Å². The smallest absolute Gasteiger partial charge is 0.424 e. The molecule has 2 unspecified atom stereocenters. The normalized spacial score (nSPS) is 17.0. The summed E-state index contributed by atoms with van der Waals surface area (Å²) < 4.78 is 62.7. The minimum Gasteiger partial charge on any atom is -0.479 e. The number of nitrogens with two attached hydrogens (primary N) is 1. The molecule has 1 fully saturated rings. The van der Waals surface area contributed by atoms with Crippen LogP contribution < -0.4 is 21.1 Å². The van der Waals surface area contributed by atoms with Crippen LogP contribution in [0.1, 0.15) is 41.9 Å². The van der Waals surface area contributed by atoms with Crippen molar-refractivity contribution < 1.29 is 37.0 Å². The highest BCUT2D eigenvalue weighted by Crippen LogP contribution is 2.40. The zero-order valence-corrected chi connectivity index (χ0v) is 23.8. The highest BCUT2D eigenvalue weighted by molar-refractivity contribution is 6.32. The van der Waals surface area contributed by atoms with E-state index in [1.807, 2.05) is 0 Å². The van der Waals surface area contributed by atoms with Crippen LogP contribution in [0.4, 0.5) is 17.6 Å². The second kappa shape index (κ2) is 11.7. The molecule has 0 aliphatic carbocycles. The standard InChI is InChI=1S/C28H26Cl2F4N4O4/c1-26(2,35)16-11-20(14-3-5-19(31)17(29)9-14)38-23(12-16)27(41,28(32,33)34)13-37-24(39)15-4-6-21(18(30)10-15)42-22-7-8-36-25(22)40/h3-6,9-12,22,41H,7-8,13,35H2,1-2H3,(H,36,40)(H,37,39). The number of alkyl halides is 3. The van der Waals surface area contributed by atoms with Crippen molar-refractivity contribution in [2.24, 2.45) is 5.73 Å². The maximum atomic E-state index is 14.5. The van der Waals surface area contributed by atoms with Gasteiger partial charge in [-0.25, -0.2) is 9.37 Å². The highest BCUT2D eigenvalue weighted by Gasteiger charge is 2.56. The summed E-state index contributed by atoms with van der Waals surface area (Å²) in [6, 6.07) is 9.61. The minimum absolute atomic E-state index is 0.0458. The predicted octanol–water partition coefficient (Wildman–Crippen LogP) is 4.84. The van der Waals surface area contributed by atoms with Crippen molar-refractivity contribution in [3.63, 3.8) is 0 Å². The summed E-state index contributed by atoms with van der Waals surface area (Å²) in [6.07, 6.45) is -5.65. The number of carbonyl (C=O) groups excluding carboxylic acids is 2. The van der Waals surface area contributed by atoms with Crippen LogP contribution in [0.25, 0.3) is 11.3 Å². The zero-order chi connectivity index (χ0) is 31.0. The van der Waals surface area contributed by atoms with E-state index >= 15 is 0 Å². The average molecular weight is 629 g/mol. The molecule has 0 spiro atoms. The van der Waals surface area contributed by atoms with Gasteiger partial charge in [-0.3, -0.25) is 9.59 Å². The summed E-state index contributed by atoms with van der Waals surface area (Å²) in [6.45, 7) is 2.19. The van der Waals surface area contributed by atoms with E-state index in [9.17, 15) is 32.3 Å². The number of benzene rings is 2. The second-order valence-corrected chi connectivity index (χ2v) is 11.2. The van der Waals surface area contributed by atoms with Gasteiger partial charge in [-0.1, -0.05) is 23.2 Å². The maximum absolute atomic E-state index is 14.5. The Hall–Kier alpha value is -3.45. The first-order chi connectivity index (χ1) is 19.5. The Balaban J connectivity index is 1.65. The van der Waals surface area contributed by atoms with Gasteiger partial charge in [0.25, 0.3) is 11.8 Å². The fourth-order valence-electron chi connectivity index (χ4n) is 4.14. The van der Waals surface area contributed by atoms with Gasteiger partial charge in [0.1, 0.15) is 11.6 Å². The number of aromatic nitrogens is 1. The number of carbonyl (C=O) groups is 2. The van der Waals surface area contributed by atoms with Crippen molar-refractivity contribution in [2.75, 3.05) is 13.1 Å². The first kappa shape index (κ1) is 31.5. The first-order valence-corrected chi connectivity index (χ1v) is 13.3. The van der Waals surface area contributed by atoms with Crippen LogP contribution in [0, 0.1) is 5.82 Å². The third-order valence-corrected chi connectivity index (χ3v) is 7.23. The van der Waals surface area contributed by atoms with Crippen molar-refractivity contribution in [2.45, 2.75) is 43.7 Å². The number of hydrogen-bond donors (Lipinski definition) is 4. The van der Waals surface area contributed by atoms with Gasteiger partial charge in [0.15, 0.2) is 6.10 Å². The number of amides is 2. The molecule has 2 heterocycles. The average Bonchev–Trinajstić information content (AvgIpc) is 3.32. The molecule has 0 saturated carbocycles. The van der Waals surface area contributed by atoms with E-state index in [0.717, 1.165) is 18.2 Å². The Bertz CT molecular complexity index is 1530. The summed E-state index contributed by atoms with van der Waals surface area (Å²) in [4.78, 5) is 28.6. The first-order valence-electron chi connectivity index (χ1n) is 12.6. The molecule has 224 valence electrons. The Morgan fingerprint density at radius 1 is 1.14 bits per heavy atom. The lowest BCUT2D eigenvalue weighted by Gasteiger charge is -2.32. The Morgan fingerprint density at radius 3 is 2.43 bits per heavy atom. The topological polar surface area (TPSA) is 127 Å². The molecule has 14 heteroatoms. The summed E-state index contributed by atoms with van der Waals surface area (Å²) >= 11 is 12.1. The molecule has 2 aromatic carbocycles. The van der Waals surface area contributed by atoms with Gasteiger partial charge in [0, 0.05) is 29.6 Å². The molecule has 3 aromatic rings. The Kier molecular flexibility index (Phi) is 8.75. The van der Waals surface area contributed by atoms with Crippen LogP contribution >= 0.6 is 23.2 Å². The number of ether oxygens (including phenoxy) is 1.